The molecule has 0 atom stereocenters. The van der Waals surface area contributed by atoms with Gasteiger partial charge in [0.15, 0.2) is 17.2 Å². The van der Waals surface area contributed by atoms with Crippen LogP contribution in [0.2, 0.25) is 0 Å². The number of hydrogen-bond donors (Lipinski definition) is 2. The summed E-state index contributed by atoms with van der Waals surface area (Å²) in [7, 11) is 0. The standard InChI is InChI=1S/C12H11N3O3/c1-7-4-9(15-14-7)12(16)13-8-2-3-10-11(5-8)18-6-17-10/h2-5H,6H2,1H3,(H,13,16)(H,14,15). The Labute approximate surface area is 103 Å². The molecule has 0 saturated carbocycles. The quantitative estimate of drug-likeness (QED) is 0.844. The Hall–Kier alpha value is -2.50. The summed E-state index contributed by atoms with van der Waals surface area (Å²) in [5, 5.41) is 9.36. The maximum atomic E-state index is 11.9. The van der Waals surface area contributed by atoms with Crippen molar-refractivity contribution in [3.05, 3.63) is 35.7 Å². The molecule has 1 aliphatic heterocycles. The molecule has 1 aromatic heterocycles. The number of fused-ring (bicyclic) bond motifs is 1. The van der Waals surface area contributed by atoms with Crippen LogP contribution in [0.1, 0.15) is 16.2 Å². The van der Waals surface area contributed by atoms with E-state index in [4.69, 9.17) is 9.47 Å². The van der Waals surface area contributed by atoms with Crippen LogP contribution < -0.4 is 14.8 Å². The molecule has 0 spiro atoms. The minimum absolute atomic E-state index is 0.214. The predicted octanol–water partition coefficient (Wildman–Crippen LogP) is 1.70. The number of nitrogens with zero attached hydrogens (tertiary/aromatic N) is 1. The molecular weight excluding hydrogens is 234 g/mol. The van der Waals surface area contributed by atoms with Gasteiger partial charge in [0.1, 0.15) is 0 Å². The molecule has 1 aromatic carbocycles. The number of ether oxygens (including phenoxy) is 2. The highest BCUT2D eigenvalue weighted by Gasteiger charge is 2.15. The molecular formula is C12H11N3O3. The molecule has 0 aliphatic carbocycles. The molecule has 6 nitrogen and oxygen atoms in total. The van der Waals surface area contributed by atoms with Gasteiger partial charge in [-0.3, -0.25) is 9.89 Å². The molecule has 2 heterocycles. The molecule has 0 saturated heterocycles. The molecule has 92 valence electrons. The van der Waals surface area contributed by atoms with E-state index in [9.17, 15) is 4.79 Å². The van der Waals surface area contributed by atoms with E-state index in [0.29, 0.717) is 22.9 Å². The lowest BCUT2D eigenvalue weighted by molar-refractivity contribution is 0.102. The Morgan fingerprint density at radius 2 is 2.17 bits per heavy atom. The molecule has 0 unspecified atom stereocenters. The Kier molecular flexibility index (Phi) is 2.40. The first kappa shape index (κ1) is 10.6. The van der Waals surface area contributed by atoms with Crippen molar-refractivity contribution in [3.8, 4) is 11.5 Å². The van der Waals surface area contributed by atoms with Crippen LogP contribution in [0.25, 0.3) is 0 Å². The predicted molar refractivity (Wildman–Crippen MR) is 63.8 cm³/mol. The molecule has 3 rings (SSSR count). The molecule has 18 heavy (non-hydrogen) atoms. The number of amides is 1. The van der Waals surface area contributed by atoms with E-state index in [0.717, 1.165) is 5.69 Å². The third kappa shape index (κ3) is 1.88. The summed E-state index contributed by atoms with van der Waals surface area (Å²) in [6.07, 6.45) is 0. The van der Waals surface area contributed by atoms with Gasteiger partial charge >= 0.3 is 0 Å². The summed E-state index contributed by atoms with van der Waals surface area (Å²) in [6.45, 7) is 2.05. The fourth-order valence-electron chi connectivity index (χ4n) is 1.70. The molecule has 0 radical (unpaired) electrons. The third-order valence-electron chi connectivity index (χ3n) is 2.57. The minimum Gasteiger partial charge on any atom is -0.454 e. The summed E-state index contributed by atoms with van der Waals surface area (Å²) in [5.74, 6) is 1.05. The summed E-state index contributed by atoms with van der Waals surface area (Å²) in [6, 6.07) is 6.92. The lowest BCUT2D eigenvalue weighted by atomic mass is 10.2. The summed E-state index contributed by atoms with van der Waals surface area (Å²) < 4.78 is 10.4. The number of aromatic amines is 1. The van der Waals surface area contributed by atoms with Crippen molar-refractivity contribution < 1.29 is 14.3 Å². The maximum absolute atomic E-state index is 11.9. The Morgan fingerprint density at radius 3 is 2.94 bits per heavy atom. The fraction of sp³-hybridized carbons (Fsp3) is 0.167. The van der Waals surface area contributed by atoms with E-state index in [2.05, 4.69) is 15.5 Å². The zero-order chi connectivity index (χ0) is 12.5. The molecule has 2 N–H and O–H groups in total. The van der Waals surface area contributed by atoms with Crippen molar-refractivity contribution in [3.63, 3.8) is 0 Å². The van der Waals surface area contributed by atoms with Crippen LogP contribution in [-0.4, -0.2) is 22.9 Å². The smallest absolute Gasteiger partial charge is 0.276 e. The van der Waals surface area contributed by atoms with Gasteiger partial charge in [-0.1, -0.05) is 0 Å². The van der Waals surface area contributed by atoms with Gasteiger partial charge in [-0.25, -0.2) is 0 Å². The zero-order valence-corrected chi connectivity index (χ0v) is 9.69. The largest absolute Gasteiger partial charge is 0.454 e. The highest BCUT2D eigenvalue weighted by atomic mass is 16.7. The van der Waals surface area contributed by atoms with Crippen LogP contribution >= 0.6 is 0 Å². The van der Waals surface area contributed by atoms with Crippen LogP contribution in [-0.2, 0) is 0 Å². The number of H-pyrrole nitrogens is 1. The van der Waals surface area contributed by atoms with Crippen molar-refractivity contribution >= 4 is 11.6 Å². The van der Waals surface area contributed by atoms with Crippen LogP contribution in [0.3, 0.4) is 0 Å². The fourth-order valence-corrected chi connectivity index (χ4v) is 1.70. The van der Waals surface area contributed by atoms with Crippen molar-refractivity contribution in [2.24, 2.45) is 0 Å². The van der Waals surface area contributed by atoms with E-state index < -0.39 is 0 Å². The van der Waals surface area contributed by atoms with E-state index in [-0.39, 0.29) is 12.7 Å². The van der Waals surface area contributed by atoms with Gasteiger partial charge in [-0.2, -0.15) is 5.10 Å². The summed E-state index contributed by atoms with van der Waals surface area (Å²) >= 11 is 0. The van der Waals surface area contributed by atoms with Gasteiger partial charge in [0.25, 0.3) is 5.91 Å². The second-order valence-corrected chi connectivity index (χ2v) is 3.96. The van der Waals surface area contributed by atoms with Crippen LogP contribution in [0.5, 0.6) is 11.5 Å². The monoisotopic (exact) mass is 245 g/mol. The third-order valence-corrected chi connectivity index (χ3v) is 2.57. The SMILES string of the molecule is Cc1cc(C(=O)Nc2ccc3c(c2)OCO3)n[nH]1. The van der Waals surface area contributed by atoms with Gasteiger partial charge in [0.2, 0.25) is 6.79 Å². The van der Waals surface area contributed by atoms with E-state index >= 15 is 0 Å². The van der Waals surface area contributed by atoms with E-state index in [1.165, 1.54) is 0 Å². The Balaban J connectivity index is 1.78. The first-order chi connectivity index (χ1) is 8.72. The number of anilines is 1. The highest BCUT2D eigenvalue weighted by Crippen LogP contribution is 2.34. The number of aromatic nitrogens is 2. The van der Waals surface area contributed by atoms with Gasteiger partial charge in [-0.15, -0.1) is 0 Å². The topological polar surface area (TPSA) is 76.2 Å². The number of aryl methyl sites for hydroxylation is 1. The highest BCUT2D eigenvalue weighted by molar-refractivity contribution is 6.03. The van der Waals surface area contributed by atoms with Gasteiger partial charge in [0, 0.05) is 17.4 Å². The number of carbonyl (C=O) groups excluding carboxylic acids is 1. The molecule has 1 amide bonds. The minimum atomic E-state index is -0.266. The number of carbonyl (C=O) groups is 1. The molecule has 0 fully saturated rings. The number of nitrogens with one attached hydrogen (secondary N) is 2. The van der Waals surface area contributed by atoms with Crippen LogP contribution in [0.4, 0.5) is 5.69 Å². The normalized spacial score (nSPS) is 12.5. The van der Waals surface area contributed by atoms with Crippen LogP contribution in [0, 0.1) is 6.92 Å². The van der Waals surface area contributed by atoms with E-state index in [1.54, 1.807) is 24.3 Å². The van der Waals surface area contributed by atoms with Crippen molar-refractivity contribution in [1.29, 1.82) is 0 Å². The zero-order valence-electron chi connectivity index (χ0n) is 9.69. The maximum Gasteiger partial charge on any atom is 0.276 e. The second-order valence-electron chi connectivity index (χ2n) is 3.96. The van der Waals surface area contributed by atoms with Gasteiger partial charge < -0.3 is 14.8 Å². The molecule has 1 aliphatic rings. The van der Waals surface area contributed by atoms with Gasteiger partial charge in [-0.05, 0) is 25.1 Å². The lowest BCUT2D eigenvalue weighted by Crippen LogP contribution is -2.12. The molecule has 0 bridgehead atoms. The van der Waals surface area contributed by atoms with Crippen molar-refractivity contribution in [2.75, 3.05) is 12.1 Å². The Bertz CT molecular complexity index is 606. The molecule has 2 aromatic rings. The Morgan fingerprint density at radius 1 is 1.33 bits per heavy atom. The van der Waals surface area contributed by atoms with Crippen molar-refractivity contribution in [2.45, 2.75) is 6.92 Å². The van der Waals surface area contributed by atoms with Crippen molar-refractivity contribution in [1.82, 2.24) is 10.2 Å². The first-order valence-electron chi connectivity index (χ1n) is 5.45. The van der Waals surface area contributed by atoms with Crippen LogP contribution in [0.15, 0.2) is 24.3 Å². The number of hydrogen-bond acceptors (Lipinski definition) is 4. The average Bonchev–Trinajstić information content (AvgIpc) is 2.96. The second kappa shape index (κ2) is 4.06. The lowest BCUT2D eigenvalue weighted by Gasteiger charge is -2.04. The number of rotatable bonds is 2. The number of benzene rings is 1. The first-order valence-corrected chi connectivity index (χ1v) is 5.45. The van der Waals surface area contributed by atoms with E-state index in [1.807, 2.05) is 6.92 Å². The summed E-state index contributed by atoms with van der Waals surface area (Å²) in [4.78, 5) is 11.9. The molecule has 6 heteroatoms. The summed E-state index contributed by atoms with van der Waals surface area (Å²) in [5.41, 5.74) is 1.83. The van der Waals surface area contributed by atoms with Gasteiger partial charge in [0.05, 0.1) is 0 Å². The average molecular weight is 245 g/mol.